The average Bonchev–Trinajstić information content (AvgIpc) is 3.22. The summed E-state index contributed by atoms with van der Waals surface area (Å²) in [6.07, 6.45) is 1.03. The number of carbonyl (C=O) groups excluding carboxylic acids is 3. The summed E-state index contributed by atoms with van der Waals surface area (Å²) in [5.41, 5.74) is 3.28. The van der Waals surface area contributed by atoms with E-state index in [1.54, 1.807) is 24.3 Å². The van der Waals surface area contributed by atoms with Crippen molar-refractivity contribution in [3.63, 3.8) is 0 Å². The van der Waals surface area contributed by atoms with E-state index in [2.05, 4.69) is 17.0 Å². The third kappa shape index (κ3) is 3.07. The molecule has 3 atom stereocenters. The minimum Gasteiger partial charge on any atom is -0.299 e. The van der Waals surface area contributed by atoms with Crippen molar-refractivity contribution >= 4 is 17.3 Å². The number of hydrogen-bond donors (Lipinski definition) is 0. The van der Waals surface area contributed by atoms with Crippen molar-refractivity contribution in [2.24, 2.45) is 17.8 Å². The molecule has 0 radical (unpaired) electrons. The topological polar surface area (TPSA) is 54.5 Å². The third-order valence-corrected chi connectivity index (χ3v) is 7.06. The van der Waals surface area contributed by atoms with E-state index in [1.807, 2.05) is 25.1 Å². The van der Waals surface area contributed by atoms with Crippen molar-refractivity contribution in [3.8, 4) is 0 Å². The summed E-state index contributed by atoms with van der Waals surface area (Å²) in [6.45, 7) is 4.60. The average molecular weight is 399 g/mol. The molecule has 1 heterocycles. The van der Waals surface area contributed by atoms with Crippen LogP contribution >= 0.6 is 0 Å². The number of likely N-dealkylation sites (tertiary alicyclic amines) is 1. The predicted octanol–water partition coefficient (Wildman–Crippen LogP) is 4.11. The molecule has 30 heavy (non-hydrogen) atoms. The number of rotatable bonds is 3. The van der Waals surface area contributed by atoms with Crippen LogP contribution in [0.4, 0.5) is 0 Å². The summed E-state index contributed by atoms with van der Waals surface area (Å²) in [7, 11) is 0. The van der Waals surface area contributed by atoms with E-state index in [9.17, 15) is 14.4 Å². The zero-order valence-electron chi connectivity index (χ0n) is 17.1. The molecule has 0 N–H and O–H groups in total. The molecule has 1 aliphatic heterocycles. The van der Waals surface area contributed by atoms with Crippen LogP contribution < -0.4 is 0 Å². The summed E-state index contributed by atoms with van der Waals surface area (Å²) >= 11 is 0. The maximum absolute atomic E-state index is 13.5. The van der Waals surface area contributed by atoms with Gasteiger partial charge in [0.25, 0.3) is 0 Å². The Morgan fingerprint density at radius 1 is 0.900 bits per heavy atom. The Balaban J connectivity index is 1.47. The SMILES string of the molecule is CC1C(=O)CC2=C(C(=O)c3ccccc3C2=O)C1[C@@H]1CCN(Cc2ccccc2)C1. The number of nitrogens with zero attached hydrogens (tertiary/aromatic N) is 1. The minimum atomic E-state index is -0.229. The van der Waals surface area contributed by atoms with Crippen LogP contribution in [-0.2, 0) is 11.3 Å². The first-order chi connectivity index (χ1) is 14.5. The summed E-state index contributed by atoms with van der Waals surface area (Å²) < 4.78 is 0. The molecule has 5 rings (SSSR count). The fourth-order valence-electron chi connectivity index (χ4n) is 5.54. The molecule has 4 heteroatoms. The molecule has 1 fully saturated rings. The van der Waals surface area contributed by atoms with E-state index in [0.29, 0.717) is 22.3 Å². The van der Waals surface area contributed by atoms with Crippen LogP contribution in [0.5, 0.6) is 0 Å². The summed E-state index contributed by atoms with van der Waals surface area (Å²) in [4.78, 5) is 41.8. The Labute approximate surface area is 176 Å². The molecule has 2 aromatic rings. The van der Waals surface area contributed by atoms with Crippen LogP contribution in [0, 0.1) is 17.8 Å². The molecule has 0 bridgehead atoms. The Bertz CT molecular complexity index is 1070. The Morgan fingerprint density at radius 3 is 2.30 bits per heavy atom. The lowest BCUT2D eigenvalue weighted by Gasteiger charge is -2.37. The van der Waals surface area contributed by atoms with Crippen molar-refractivity contribution < 1.29 is 14.4 Å². The largest absolute Gasteiger partial charge is 0.299 e. The van der Waals surface area contributed by atoms with Crippen LogP contribution in [0.15, 0.2) is 65.7 Å². The highest BCUT2D eigenvalue weighted by Crippen LogP contribution is 2.45. The van der Waals surface area contributed by atoms with E-state index in [-0.39, 0.29) is 41.5 Å². The lowest BCUT2D eigenvalue weighted by atomic mass is 9.64. The fraction of sp³-hybridized carbons (Fsp3) is 0.346. The predicted molar refractivity (Wildman–Crippen MR) is 114 cm³/mol. The maximum Gasteiger partial charge on any atom is 0.190 e. The van der Waals surface area contributed by atoms with Gasteiger partial charge in [0, 0.05) is 53.6 Å². The first-order valence-corrected chi connectivity index (χ1v) is 10.7. The number of ketones is 3. The van der Waals surface area contributed by atoms with Gasteiger partial charge >= 0.3 is 0 Å². The molecule has 1 saturated heterocycles. The van der Waals surface area contributed by atoms with Gasteiger partial charge in [-0.15, -0.1) is 0 Å². The van der Waals surface area contributed by atoms with Gasteiger partial charge in [0.2, 0.25) is 0 Å². The van der Waals surface area contributed by atoms with Gasteiger partial charge in [-0.1, -0.05) is 61.5 Å². The van der Waals surface area contributed by atoms with Crippen molar-refractivity contribution in [2.75, 3.05) is 13.1 Å². The number of hydrogen-bond acceptors (Lipinski definition) is 4. The number of Topliss-reactive ketones (excluding diaryl/α,β-unsaturated/α-hetero) is 3. The molecule has 152 valence electrons. The normalized spacial score (nSPS) is 26.7. The van der Waals surface area contributed by atoms with E-state index >= 15 is 0 Å². The van der Waals surface area contributed by atoms with Crippen molar-refractivity contribution in [2.45, 2.75) is 26.3 Å². The Morgan fingerprint density at radius 2 is 1.57 bits per heavy atom. The van der Waals surface area contributed by atoms with E-state index in [0.717, 1.165) is 26.1 Å². The highest BCUT2D eigenvalue weighted by molar-refractivity contribution is 6.28. The highest BCUT2D eigenvalue weighted by Gasteiger charge is 2.47. The monoisotopic (exact) mass is 399 g/mol. The van der Waals surface area contributed by atoms with Gasteiger partial charge in [0.15, 0.2) is 11.6 Å². The zero-order chi connectivity index (χ0) is 20.8. The first-order valence-electron chi connectivity index (χ1n) is 10.7. The number of carbonyl (C=O) groups is 3. The standard InChI is InChI=1S/C26H25NO3/c1-16-22(28)13-21-24(26(30)20-10-6-5-9-19(20)25(21)29)23(16)18-11-12-27(15-18)14-17-7-3-2-4-8-17/h2-10,16,18,23H,11-15H2,1H3/t16?,18-,23?/m1/s1. The smallest absolute Gasteiger partial charge is 0.190 e. The lowest BCUT2D eigenvalue weighted by Crippen LogP contribution is -2.41. The highest BCUT2D eigenvalue weighted by atomic mass is 16.1. The molecule has 2 aromatic carbocycles. The van der Waals surface area contributed by atoms with Crippen LogP contribution in [0.1, 0.15) is 46.0 Å². The second kappa shape index (κ2) is 7.44. The molecule has 2 unspecified atom stereocenters. The molecule has 4 nitrogen and oxygen atoms in total. The second-order valence-corrected chi connectivity index (χ2v) is 8.82. The van der Waals surface area contributed by atoms with Crippen molar-refractivity contribution in [1.82, 2.24) is 4.90 Å². The summed E-state index contributed by atoms with van der Waals surface area (Å²) in [5, 5.41) is 0. The van der Waals surface area contributed by atoms with E-state index in [4.69, 9.17) is 0 Å². The maximum atomic E-state index is 13.5. The number of fused-ring (bicyclic) bond motifs is 1. The quantitative estimate of drug-likeness (QED) is 0.779. The second-order valence-electron chi connectivity index (χ2n) is 8.82. The number of allylic oxidation sites excluding steroid dienone is 2. The van der Waals surface area contributed by atoms with Crippen LogP contribution in [-0.4, -0.2) is 35.3 Å². The minimum absolute atomic E-state index is 0.0499. The van der Waals surface area contributed by atoms with Gasteiger partial charge in [-0.25, -0.2) is 0 Å². The number of benzene rings is 2. The van der Waals surface area contributed by atoms with Crippen molar-refractivity contribution in [1.29, 1.82) is 0 Å². The molecule has 0 aromatic heterocycles. The van der Waals surface area contributed by atoms with Crippen LogP contribution in [0.3, 0.4) is 0 Å². The van der Waals surface area contributed by atoms with Gasteiger partial charge in [-0.3, -0.25) is 19.3 Å². The molecule has 2 aliphatic carbocycles. The Hall–Kier alpha value is -2.85. The van der Waals surface area contributed by atoms with Crippen LogP contribution in [0.2, 0.25) is 0 Å². The molecular formula is C26H25NO3. The fourth-order valence-corrected chi connectivity index (χ4v) is 5.54. The summed E-state index contributed by atoms with van der Waals surface area (Å²) in [5.74, 6) is -0.296. The van der Waals surface area contributed by atoms with Gasteiger partial charge in [-0.05, 0) is 24.4 Å². The van der Waals surface area contributed by atoms with Gasteiger partial charge < -0.3 is 0 Å². The zero-order valence-corrected chi connectivity index (χ0v) is 17.1. The van der Waals surface area contributed by atoms with Crippen molar-refractivity contribution in [3.05, 3.63) is 82.4 Å². The molecule has 0 amide bonds. The molecule has 0 saturated carbocycles. The van der Waals surface area contributed by atoms with Gasteiger partial charge in [0.05, 0.1) is 0 Å². The van der Waals surface area contributed by atoms with E-state index < -0.39 is 0 Å². The molecule has 0 spiro atoms. The van der Waals surface area contributed by atoms with Gasteiger partial charge in [0.1, 0.15) is 5.78 Å². The Kier molecular flexibility index (Phi) is 4.75. The third-order valence-electron chi connectivity index (χ3n) is 7.06. The van der Waals surface area contributed by atoms with E-state index in [1.165, 1.54) is 5.56 Å². The van der Waals surface area contributed by atoms with Gasteiger partial charge in [-0.2, -0.15) is 0 Å². The first kappa shape index (κ1) is 19.1. The summed E-state index contributed by atoms with van der Waals surface area (Å²) in [6, 6.07) is 17.4. The molecular weight excluding hydrogens is 374 g/mol. The van der Waals surface area contributed by atoms with Crippen LogP contribution in [0.25, 0.3) is 0 Å². The lowest BCUT2D eigenvalue weighted by molar-refractivity contribution is -0.124. The molecule has 3 aliphatic rings.